The molecule has 1 unspecified atom stereocenters. The molecule has 6 nitrogen and oxygen atoms in total. The fourth-order valence-corrected chi connectivity index (χ4v) is 0.882. The Morgan fingerprint density at radius 1 is 1.64 bits per heavy atom. The van der Waals surface area contributed by atoms with Crippen molar-refractivity contribution in [3.8, 4) is 0 Å². The van der Waals surface area contributed by atoms with Gasteiger partial charge in [-0.15, -0.1) is 0 Å². The van der Waals surface area contributed by atoms with Crippen LogP contribution in [0.2, 0.25) is 0 Å². The maximum absolute atomic E-state index is 9.33. The molecule has 1 rings (SSSR count). The molecule has 2 N–H and O–H groups in total. The molecule has 0 aromatic rings. The van der Waals surface area contributed by atoms with Crippen LogP contribution >= 0.6 is 0 Å². The minimum atomic E-state index is -4.16. The highest BCUT2D eigenvalue weighted by molar-refractivity contribution is 7.80. The zero-order valence-corrected chi connectivity index (χ0v) is 9.21. The molecule has 0 aromatic heterocycles. The van der Waals surface area contributed by atoms with Crippen molar-refractivity contribution in [2.45, 2.75) is 19.4 Å². The second-order valence-electron chi connectivity index (χ2n) is 2.70. The third-order valence-electron chi connectivity index (χ3n) is 1.67. The normalized spacial score (nSPS) is 22.4. The van der Waals surface area contributed by atoms with Crippen LogP contribution in [0.1, 0.15) is 13.3 Å². The Morgan fingerprint density at radius 2 is 2.21 bits per heavy atom. The van der Waals surface area contributed by atoms with E-state index in [1.165, 1.54) is 0 Å². The van der Waals surface area contributed by atoms with Crippen molar-refractivity contribution in [1.82, 2.24) is 5.32 Å². The van der Waals surface area contributed by atoms with E-state index in [-0.39, 0.29) is 0 Å². The number of nitrogens with one attached hydrogen (secondary N) is 1. The van der Waals surface area contributed by atoms with Gasteiger partial charge in [-0.05, 0) is 6.42 Å². The summed E-state index contributed by atoms with van der Waals surface area (Å²) >= 11 is 0. The summed E-state index contributed by atoms with van der Waals surface area (Å²) in [4.78, 5) is 0. The van der Waals surface area contributed by atoms with Gasteiger partial charge in [0.1, 0.15) is 0 Å². The highest BCUT2D eigenvalue weighted by Crippen LogP contribution is 1.98. The van der Waals surface area contributed by atoms with Gasteiger partial charge in [-0.2, -0.15) is 8.42 Å². The molecule has 0 saturated carbocycles. The van der Waals surface area contributed by atoms with E-state index >= 15 is 0 Å². The predicted octanol–water partition coefficient (Wildman–Crippen LogP) is -0.180. The first-order valence-corrected chi connectivity index (χ1v) is 5.71. The fraction of sp³-hybridized carbons (Fsp3) is 1.00. The maximum atomic E-state index is 9.33. The molecule has 1 saturated heterocycles. The molecule has 86 valence electrons. The summed E-state index contributed by atoms with van der Waals surface area (Å²) in [6, 6.07) is 0. The van der Waals surface area contributed by atoms with E-state index in [9.17, 15) is 8.42 Å². The van der Waals surface area contributed by atoms with Gasteiger partial charge in [0, 0.05) is 13.1 Å². The molecule has 7 heteroatoms. The van der Waals surface area contributed by atoms with E-state index in [1.54, 1.807) is 0 Å². The number of morpholine rings is 1. The second kappa shape index (κ2) is 7.13. The molecular formula is C7H17NO5S. The third-order valence-corrected chi connectivity index (χ3v) is 2.09. The van der Waals surface area contributed by atoms with Crippen molar-refractivity contribution in [3.63, 3.8) is 0 Å². The Hall–Kier alpha value is -0.210. The summed E-state index contributed by atoms with van der Waals surface area (Å²) in [7, 11) is -3.29. The van der Waals surface area contributed by atoms with Crippen molar-refractivity contribution >= 4 is 10.4 Å². The molecule has 1 heterocycles. The Bertz CT molecular complexity index is 222. The topological polar surface area (TPSA) is 84.9 Å². The molecular weight excluding hydrogens is 210 g/mol. The highest BCUT2D eigenvalue weighted by atomic mass is 32.3. The summed E-state index contributed by atoms with van der Waals surface area (Å²) in [6.07, 6.45) is 1.61. The number of hydrogen-bond donors (Lipinski definition) is 2. The molecule has 0 radical (unpaired) electrons. The van der Waals surface area contributed by atoms with Gasteiger partial charge < -0.3 is 10.1 Å². The molecule has 0 amide bonds. The lowest BCUT2D eigenvalue weighted by Crippen LogP contribution is -2.37. The smallest absolute Gasteiger partial charge is 0.376 e. The maximum Gasteiger partial charge on any atom is 0.397 e. The average Bonchev–Trinajstić information content (AvgIpc) is 2.19. The van der Waals surface area contributed by atoms with E-state index in [4.69, 9.17) is 9.29 Å². The first-order valence-electron chi connectivity index (χ1n) is 4.35. The molecule has 0 aromatic carbocycles. The Kier molecular flexibility index (Phi) is 7.02. The molecule has 0 spiro atoms. The Morgan fingerprint density at radius 3 is 2.43 bits per heavy atom. The van der Waals surface area contributed by atoms with Gasteiger partial charge in [-0.25, -0.2) is 0 Å². The highest BCUT2D eigenvalue weighted by Gasteiger charge is 2.08. The molecule has 0 aliphatic carbocycles. The fourth-order valence-electron chi connectivity index (χ4n) is 0.882. The van der Waals surface area contributed by atoms with E-state index in [0.29, 0.717) is 6.10 Å². The molecule has 14 heavy (non-hydrogen) atoms. The van der Waals surface area contributed by atoms with Crippen LogP contribution < -0.4 is 5.32 Å². The lowest BCUT2D eigenvalue weighted by molar-refractivity contribution is 0.0267. The molecule has 1 aliphatic heterocycles. The van der Waals surface area contributed by atoms with Crippen LogP contribution in [0.5, 0.6) is 0 Å². The van der Waals surface area contributed by atoms with Crippen LogP contribution in [-0.4, -0.2) is 45.9 Å². The molecule has 1 aliphatic rings. The Labute approximate surface area is 84.5 Å². The van der Waals surface area contributed by atoms with Crippen molar-refractivity contribution < 1.29 is 21.9 Å². The first-order chi connectivity index (χ1) is 6.49. The van der Waals surface area contributed by atoms with E-state index in [1.807, 2.05) is 0 Å². The summed E-state index contributed by atoms with van der Waals surface area (Å²) in [5.41, 5.74) is 0. The van der Waals surface area contributed by atoms with Crippen LogP contribution in [0.15, 0.2) is 0 Å². The summed E-state index contributed by atoms with van der Waals surface area (Å²) in [6.45, 7) is 5.10. The number of hydrogen-bond acceptors (Lipinski definition) is 5. The largest absolute Gasteiger partial charge is 0.397 e. The monoisotopic (exact) mass is 227 g/mol. The van der Waals surface area contributed by atoms with Crippen molar-refractivity contribution in [3.05, 3.63) is 0 Å². The predicted molar refractivity (Wildman–Crippen MR) is 51.5 cm³/mol. The van der Waals surface area contributed by atoms with Crippen LogP contribution in [0.4, 0.5) is 0 Å². The number of ether oxygens (including phenoxy) is 1. The zero-order valence-electron chi connectivity index (χ0n) is 8.39. The van der Waals surface area contributed by atoms with E-state index < -0.39 is 10.4 Å². The van der Waals surface area contributed by atoms with Crippen LogP contribution in [-0.2, 0) is 19.3 Å². The minimum absolute atomic E-state index is 0.476. The van der Waals surface area contributed by atoms with Crippen LogP contribution in [0.3, 0.4) is 0 Å². The van der Waals surface area contributed by atoms with E-state index in [0.717, 1.165) is 33.2 Å². The van der Waals surface area contributed by atoms with Gasteiger partial charge in [-0.3, -0.25) is 8.74 Å². The standard InChI is InChI=1S/C6H13NO.CH4O4S/c1-2-6-5-7-3-4-8-6;1-5-6(2,3)4/h6-7H,2-5H2,1H3;1H3,(H,2,3,4). The van der Waals surface area contributed by atoms with Gasteiger partial charge in [-0.1, -0.05) is 6.92 Å². The van der Waals surface area contributed by atoms with Gasteiger partial charge >= 0.3 is 10.4 Å². The zero-order chi connectivity index (χ0) is 11.0. The van der Waals surface area contributed by atoms with Gasteiger partial charge in [0.2, 0.25) is 0 Å². The summed E-state index contributed by atoms with van der Waals surface area (Å²) in [5.74, 6) is 0. The quantitative estimate of drug-likeness (QED) is 0.637. The minimum Gasteiger partial charge on any atom is -0.376 e. The molecule has 0 bridgehead atoms. The average molecular weight is 227 g/mol. The van der Waals surface area contributed by atoms with Crippen molar-refractivity contribution in [2.24, 2.45) is 0 Å². The van der Waals surface area contributed by atoms with Gasteiger partial charge in [0.15, 0.2) is 0 Å². The molecule has 1 fully saturated rings. The van der Waals surface area contributed by atoms with Crippen LogP contribution in [0.25, 0.3) is 0 Å². The van der Waals surface area contributed by atoms with E-state index in [2.05, 4.69) is 16.4 Å². The SMILES string of the molecule is CCC1CNCCO1.COS(=O)(=O)O. The summed E-state index contributed by atoms with van der Waals surface area (Å²) in [5, 5.41) is 3.26. The number of rotatable bonds is 2. The van der Waals surface area contributed by atoms with Gasteiger partial charge in [0.05, 0.1) is 19.8 Å². The van der Waals surface area contributed by atoms with Crippen molar-refractivity contribution in [2.75, 3.05) is 26.8 Å². The molecule has 1 atom stereocenters. The third kappa shape index (κ3) is 8.39. The second-order valence-corrected chi connectivity index (χ2v) is 3.89. The lowest BCUT2D eigenvalue weighted by atomic mass is 10.2. The Balaban J connectivity index is 0.000000255. The van der Waals surface area contributed by atoms with Gasteiger partial charge in [0.25, 0.3) is 0 Å². The first kappa shape index (κ1) is 13.8. The van der Waals surface area contributed by atoms with Crippen molar-refractivity contribution in [1.29, 1.82) is 0 Å². The summed E-state index contributed by atoms with van der Waals surface area (Å²) < 4.78 is 35.1. The van der Waals surface area contributed by atoms with Crippen LogP contribution in [0, 0.1) is 0 Å². The lowest BCUT2D eigenvalue weighted by Gasteiger charge is -2.21.